The van der Waals surface area contributed by atoms with Gasteiger partial charge in [0.2, 0.25) is 0 Å². The molecule has 0 fully saturated rings. The van der Waals surface area contributed by atoms with Gasteiger partial charge in [-0.2, -0.15) is 0 Å². The number of nitrogens with one attached hydrogen (secondary N) is 1. The van der Waals surface area contributed by atoms with Crippen LogP contribution in [0.1, 0.15) is 61.7 Å². The molecule has 0 amide bonds. The average Bonchev–Trinajstić information content (AvgIpc) is 3.53. The van der Waals surface area contributed by atoms with Crippen molar-refractivity contribution < 1.29 is 0 Å². The van der Waals surface area contributed by atoms with E-state index in [0.717, 1.165) is 39.4 Å². The molecule has 2 aliphatic heterocycles. The SMILES string of the molecule is Cc1c2nc(c(C)c3cc(C)c([nH]3)c(C)c3c(C)c(C)c(c(C)c4nc1C=C4)n3C)C=C2. The highest BCUT2D eigenvalue weighted by Gasteiger charge is 2.16. The Morgan fingerprint density at radius 3 is 1.62 bits per heavy atom. The van der Waals surface area contributed by atoms with Gasteiger partial charge in [-0.3, -0.25) is 0 Å². The van der Waals surface area contributed by atoms with Gasteiger partial charge in [0, 0.05) is 34.7 Å². The Morgan fingerprint density at radius 1 is 0.594 bits per heavy atom. The van der Waals surface area contributed by atoms with Crippen molar-refractivity contribution in [2.45, 2.75) is 48.5 Å². The van der Waals surface area contributed by atoms with Gasteiger partial charge in [-0.15, -0.1) is 0 Å². The summed E-state index contributed by atoms with van der Waals surface area (Å²) in [5.41, 5.74) is 17.4. The number of H-pyrrole nitrogens is 1. The second kappa shape index (κ2) is 7.06. The monoisotopic (exact) mass is 422 g/mol. The minimum Gasteiger partial charge on any atom is -0.355 e. The van der Waals surface area contributed by atoms with Crippen LogP contribution in [0, 0.1) is 48.5 Å². The van der Waals surface area contributed by atoms with Gasteiger partial charge in [-0.1, -0.05) is 0 Å². The molecule has 32 heavy (non-hydrogen) atoms. The molecule has 0 unspecified atom stereocenters. The normalized spacial score (nSPS) is 12.8. The molecule has 1 N–H and O–H groups in total. The topological polar surface area (TPSA) is 46.5 Å². The highest BCUT2D eigenvalue weighted by atomic mass is 14.9. The van der Waals surface area contributed by atoms with E-state index in [4.69, 9.17) is 9.97 Å². The molecule has 0 saturated carbocycles. The zero-order valence-electron chi connectivity index (χ0n) is 20.2. The van der Waals surface area contributed by atoms with Crippen LogP contribution in [-0.2, 0) is 7.05 Å². The minimum absolute atomic E-state index is 0.980. The van der Waals surface area contributed by atoms with Gasteiger partial charge in [0.25, 0.3) is 0 Å². The summed E-state index contributed by atoms with van der Waals surface area (Å²) in [6.07, 6.45) is 8.45. The van der Waals surface area contributed by atoms with Crippen LogP contribution in [0.25, 0.3) is 46.4 Å². The molecule has 4 heteroatoms. The summed E-state index contributed by atoms with van der Waals surface area (Å²) in [6, 6.07) is 2.24. The third-order valence-electron chi connectivity index (χ3n) is 7.26. The first-order valence-corrected chi connectivity index (χ1v) is 11.2. The summed E-state index contributed by atoms with van der Waals surface area (Å²) in [4.78, 5) is 13.6. The van der Waals surface area contributed by atoms with Crippen molar-refractivity contribution in [2.24, 2.45) is 7.05 Å². The number of fused-ring (bicyclic) bond motifs is 8. The van der Waals surface area contributed by atoms with Gasteiger partial charge < -0.3 is 9.55 Å². The predicted molar refractivity (Wildman–Crippen MR) is 137 cm³/mol. The first kappa shape index (κ1) is 20.5. The van der Waals surface area contributed by atoms with Crippen LogP contribution < -0.4 is 0 Å². The summed E-state index contributed by atoms with van der Waals surface area (Å²) in [5.74, 6) is 0. The number of nitrogens with zero attached hydrogens (tertiary/aromatic N) is 3. The van der Waals surface area contributed by atoms with Crippen LogP contribution in [0.2, 0.25) is 0 Å². The van der Waals surface area contributed by atoms with Gasteiger partial charge in [-0.05, 0) is 112 Å². The van der Waals surface area contributed by atoms with E-state index in [0.29, 0.717) is 0 Å². The molecule has 0 atom stereocenters. The number of rotatable bonds is 0. The zero-order valence-corrected chi connectivity index (χ0v) is 20.2. The predicted octanol–water partition coefficient (Wildman–Crippen LogP) is 6.82. The Bertz CT molecular complexity index is 1540. The molecule has 0 aliphatic carbocycles. The van der Waals surface area contributed by atoms with Crippen LogP contribution in [-0.4, -0.2) is 19.5 Å². The van der Waals surface area contributed by atoms with Crippen molar-refractivity contribution in [3.8, 4) is 0 Å². The zero-order chi connectivity index (χ0) is 22.9. The van der Waals surface area contributed by atoms with Crippen LogP contribution in [0.15, 0.2) is 6.07 Å². The number of aromatic amines is 1. The standard InChI is InChI=1S/C28H30N4/c1-14-13-25-18(5)23-10-9-21(29-23)17(4)22-11-12-24(30-22)19(6)27-15(2)16(3)28(32(27)8)20(7)26(14)31-25/h9-13,31H,1-8H3. The molecule has 5 heterocycles. The Kier molecular flexibility index (Phi) is 4.52. The number of aromatic nitrogens is 4. The van der Waals surface area contributed by atoms with E-state index in [1.807, 2.05) is 0 Å². The first-order chi connectivity index (χ1) is 15.2. The molecule has 3 aromatic heterocycles. The van der Waals surface area contributed by atoms with Crippen molar-refractivity contribution in [1.29, 1.82) is 0 Å². The number of aryl methyl sites for hydroxylation is 7. The van der Waals surface area contributed by atoms with E-state index >= 15 is 0 Å². The van der Waals surface area contributed by atoms with E-state index in [9.17, 15) is 0 Å². The van der Waals surface area contributed by atoms with Crippen LogP contribution in [0.4, 0.5) is 0 Å². The first-order valence-electron chi connectivity index (χ1n) is 11.2. The lowest BCUT2D eigenvalue weighted by atomic mass is 10.1. The van der Waals surface area contributed by atoms with E-state index in [1.165, 1.54) is 44.4 Å². The molecule has 0 spiro atoms. The lowest BCUT2D eigenvalue weighted by Gasteiger charge is -2.04. The van der Waals surface area contributed by atoms with E-state index in [2.05, 4.69) is 95.4 Å². The van der Waals surface area contributed by atoms with E-state index < -0.39 is 0 Å². The summed E-state index contributed by atoms with van der Waals surface area (Å²) < 4.78 is 2.34. The second-order valence-electron chi connectivity index (χ2n) is 9.18. The maximum absolute atomic E-state index is 5.00. The molecular weight excluding hydrogens is 392 g/mol. The molecule has 0 aromatic carbocycles. The van der Waals surface area contributed by atoms with Gasteiger partial charge in [0.1, 0.15) is 0 Å². The third-order valence-corrected chi connectivity index (χ3v) is 7.26. The van der Waals surface area contributed by atoms with Gasteiger partial charge >= 0.3 is 0 Å². The summed E-state index contributed by atoms with van der Waals surface area (Å²) in [6.45, 7) is 15.3. The van der Waals surface area contributed by atoms with Crippen molar-refractivity contribution in [2.75, 3.05) is 0 Å². The number of hydrogen-bond donors (Lipinski definition) is 1. The van der Waals surface area contributed by atoms with Crippen LogP contribution >= 0.6 is 0 Å². The highest BCUT2D eigenvalue weighted by molar-refractivity contribution is 5.86. The Labute approximate surface area is 189 Å². The Hall–Kier alpha value is -3.40. The van der Waals surface area contributed by atoms with Gasteiger partial charge in [0.05, 0.1) is 22.8 Å². The molecule has 0 saturated heterocycles. The molecule has 0 radical (unpaired) electrons. The van der Waals surface area contributed by atoms with Gasteiger partial charge in [0.15, 0.2) is 0 Å². The lowest BCUT2D eigenvalue weighted by Crippen LogP contribution is -1.94. The molecule has 4 nitrogen and oxygen atoms in total. The fourth-order valence-electron chi connectivity index (χ4n) is 5.25. The molecule has 8 bridgehead atoms. The average molecular weight is 423 g/mol. The minimum atomic E-state index is 0.980. The van der Waals surface area contributed by atoms with Crippen LogP contribution in [0.3, 0.4) is 0 Å². The molecule has 2 aliphatic rings. The van der Waals surface area contributed by atoms with E-state index in [-0.39, 0.29) is 0 Å². The van der Waals surface area contributed by atoms with Gasteiger partial charge in [-0.25, -0.2) is 9.97 Å². The molecule has 162 valence electrons. The quantitative estimate of drug-likeness (QED) is 0.297. The smallest absolute Gasteiger partial charge is 0.0688 e. The second-order valence-corrected chi connectivity index (χ2v) is 9.18. The van der Waals surface area contributed by atoms with Crippen LogP contribution in [0.5, 0.6) is 0 Å². The van der Waals surface area contributed by atoms with Crippen molar-refractivity contribution >= 4 is 46.4 Å². The van der Waals surface area contributed by atoms with Crippen molar-refractivity contribution in [3.63, 3.8) is 0 Å². The maximum Gasteiger partial charge on any atom is 0.0688 e. The molecular formula is C28H30N4. The molecule has 3 aromatic rings. The summed E-state index contributed by atoms with van der Waals surface area (Å²) in [5, 5.41) is 0. The maximum atomic E-state index is 5.00. The Morgan fingerprint density at radius 2 is 1.06 bits per heavy atom. The Balaban J connectivity index is 2.08. The third kappa shape index (κ3) is 2.82. The number of hydrogen-bond acceptors (Lipinski definition) is 2. The summed E-state index contributed by atoms with van der Waals surface area (Å²) >= 11 is 0. The van der Waals surface area contributed by atoms with Crippen molar-refractivity contribution in [3.05, 3.63) is 67.8 Å². The lowest BCUT2D eigenvalue weighted by molar-refractivity contribution is 0.994. The van der Waals surface area contributed by atoms with Crippen molar-refractivity contribution in [1.82, 2.24) is 19.5 Å². The summed E-state index contributed by atoms with van der Waals surface area (Å²) in [7, 11) is 2.17. The molecule has 5 rings (SSSR count). The highest BCUT2D eigenvalue weighted by Crippen LogP contribution is 2.32. The fourth-order valence-corrected chi connectivity index (χ4v) is 5.25. The van der Waals surface area contributed by atoms with E-state index in [1.54, 1.807) is 0 Å². The fraction of sp³-hybridized carbons (Fsp3) is 0.286. The largest absolute Gasteiger partial charge is 0.355 e.